The predicted molar refractivity (Wildman–Crippen MR) is 124 cm³/mol. The molecule has 1 aliphatic rings. The number of hydrogen-bond acceptors (Lipinski definition) is 6. The Labute approximate surface area is 186 Å². The number of ether oxygens (including phenoxy) is 1. The first-order valence-electron chi connectivity index (χ1n) is 11.1. The van der Waals surface area contributed by atoms with Gasteiger partial charge in [-0.3, -0.25) is 4.90 Å². The lowest BCUT2D eigenvalue weighted by molar-refractivity contribution is 0.170. The van der Waals surface area contributed by atoms with Gasteiger partial charge in [0.25, 0.3) is 0 Å². The van der Waals surface area contributed by atoms with Gasteiger partial charge in [0.1, 0.15) is 16.5 Å². The number of nitrogens with zero attached hydrogens (tertiary/aromatic N) is 3. The number of anilines is 1. The summed E-state index contributed by atoms with van der Waals surface area (Å²) >= 11 is 0. The van der Waals surface area contributed by atoms with Crippen molar-refractivity contribution in [2.75, 3.05) is 45.2 Å². The van der Waals surface area contributed by atoms with Crippen molar-refractivity contribution in [3.8, 4) is 5.75 Å². The van der Waals surface area contributed by atoms with Crippen molar-refractivity contribution in [2.45, 2.75) is 44.0 Å². The molecule has 0 saturated carbocycles. The summed E-state index contributed by atoms with van der Waals surface area (Å²) in [5.41, 5.74) is 1.23. The van der Waals surface area contributed by atoms with E-state index >= 15 is 0 Å². The largest absolute Gasteiger partial charge is 0.497 e. The molecule has 1 unspecified atom stereocenters. The van der Waals surface area contributed by atoms with E-state index < -0.39 is 10.0 Å². The van der Waals surface area contributed by atoms with Gasteiger partial charge in [0, 0.05) is 25.8 Å². The van der Waals surface area contributed by atoms with Crippen LogP contribution in [0.1, 0.15) is 44.7 Å². The van der Waals surface area contributed by atoms with Crippen molar-refractivity contribution in [1.82, 2.24) is 14.2 Å². The Hall–Kier alpha value is -2.16. The van der Waals surface area contributed by atoms with E-state index in [1.807, 2.05) is 26.0 Å². The lowest BCUT2D eigenvalue weighted by Crippen LogP contribution is -2.37. The number of pyridine rings is 1. The molecule has 3 rings (SSSR count). The number of nitrogens with one attached hydrogen (secondary N) is 1. The van der Waals surface area contributed by atoms with Gasteiger partial charge in [-0.1, -0.05) is 32.4 Å². The van der Waals surface area contributed by atoms with Crippen molar-refractivity contribution in [3.05, 3.63) is 48.2 Å². The molecule has 1 aromatic carbocycles. The van der Waals surface area contributed by atoms with Gasteiger partial charge in [-0.25, -0.2) is 13.4 Å². The van der Waals surface area contributed by atoms with E-state index in [0.29, 0.717) is 25.5 Å². The minimum absolute atomic E-state index is 0.215. The summed E-state index contributed by atoms with van der Waals surface area (Å²) < 4.78 is 32.1. The number of rotatable bonds is 10. The molecule has 0 amide bonds. The summed E-state index contributed by atoms with van der Waals surface area (Å²) in [6, 6.07) is 11.8. The Morgan fingerprint density at radius 1 is 1.06 bits per heavy atom. The number of sulfonamides is 1. The molecule has 1 aromatic heterocycles. The monoisotopic (exact) mass is 446 g/mol. The second-order valence-corrected chi connectivity index (χ2v) is 9.67. The topological polar surface area (TPSA) is 74.8 Å². The number of likely N-dealkylation sites (tertiary alicyclic amines) is 1. The van der Waals surface area contributed by atoms with Gasteiger partial charge in [-0.15, -0.1) is 0 Å². The zero-order chi connectivity index (χ0) is 22.3. The third kappa shape index (κ3) is 5.75. The molecule has 0 spiro atoms. The van der Waals surface area contributed by atoms with Crippen LogP contribution in [-0.2, 0) is 10.0 Å². The standard InChI is InChI=1S/C23H34N4O3S/c1-4-27(5-2)31(28,29)21-13-14-23(24-17-21)25-18-22(26-15-7-6-8-16-26)19-9-11-20(30-3)12-10-19/h9-14,17,22H,4-8,15-16,18H2,1-3H3,(H,24,25). The summed E-state index contributed by atoms with van der Waals surface area (Å²) in [4.78, 5) is 7.12. The van der Waals surface area contributed by atoms with Crippen molar-refractivity contribution >= 4 is 15.8 Å². The molecule has 0 aliphatic carbocycles. The minimum Gasteiger partial charge on any atom is -0.497 e. The fourth-order valence-electron chi connectivity index (χ4n) is 4.07. The highest BCUT2D eigenvalue weighted by atomic mass is 32.2. The molecule has 1 fully saturated rings. The highest BCUT2D eigenvalue weighted by molar-refractivity contribution is 7.89. The normalized spacial score (nSPS) is 16.3. The lowest BCUT2D eigenvalue weighted by Gasteiger charge is -2.35. The molecule has 8 heteroatoms. The molecule has 170 valence electrons. The van der Waals surface area contributed by atoms with Crippen LogP contribution < -0.4 is 10.1 Å². The van der Waals surface area contributed by atoms with E-state index in [2.05, 4.69) is 27.3 Å². The van der Waals surface area contributed by atoms with Crippen molar-refractivity contribution in [3.63, 3.8) is 0 Å². The lowest BCUT2D eigenvalue weighted by atomic mass is 10.0. The Morgan fingerprint density at radius 3 is 2.29 bits per heavy atom. The molecular formula is C23H34N4O3S. The van der Waals surface area contributed by atoms with Crippen LogP contribution in [0.5, 0.6) is 5.75 Å². The Balaban J connectivity index is 1.73. The maximum Gasteiger partial charge on any atom is 0.244 e. The number of benzene rings is 1. The van der Waals surface area contributed by atoms with Crippen LogP contribution in [0.25, 0.3) is 0 Å². The summed E-state index contributed by atoms with van der Waals surface area (Å²) in [6.45, 7) is 7.41. The van der Waals surface area contributed by atoms with Crippen molar-refractivity contribution < 1.29 is 13.2 Å². The van der Waals surface area contributed by atoms with Crippen LogP contribution in [0.15, 0.2) is 47.5 Å². The fraction of sp³-hybridized carbons (Fsp3) is 0.522. The van der Waals surface area contributed by atoms with Crippen molar-refractivity contribution in [2.24, 2.45) is 0 Å². The van der Waals surface area contributed by atoms with Gasteiger partial charge in [-0.05, 0) is 55.8 Å². The first-order chi connectivity index (χ1) is 15.0. The fourth-order valence-corrected chi connectivity index (χ4v) is 5.47. The number of piperidine rings is 1. The highest BCUT2D eigenvalue weighted by Crippen LogP contribution is 2.27. The summed E-state index contributed by atoms with van der Waals surface area (Å²) in [6.07, 6.45) is 5.15. The molecule has 1 atom stereocenters. The van der Waals surface area contributed by atoms with Crippen LogP contribution in [0.2, 0.25) is 0 Å². The summed E-state index contributed by atoms with van der Waals surface area (Å²) in [5, 5.41) is 3.41. The summed E-state index contributed by atoms with van der Waals surface area (Å²) in [5.74, 6) is 1.52. The Kier molecular flexibility index (Phi) is 8.28. The molecule has 1 N–H and O–H groups in total. The average Bonchev–Trinajstić information content (AvgIpc) is 2.81. The molecule has 2 aromatic rings. The van der Waals surface area contributed by atoms with Gasteiger partial charge in [-0.2, -0.15) is 4.31 Å². The second kappa shape index (κ2) is 10.9. The molecule has 2 heterocycles. The molecule has 1 aliphatic heterocycles. The second-order valence-electron chi connectivity index (χ2n) is 7.73. The third-order valence-corrected chi connectivity index (χ3v) is 7.92. The van der Waals surface area contributed by atoms with Crippen molar-refractivity contribution in [1.29, 1.82) is 0 Å². The first-order valence-corrected chi connectivity index (χ1v) is 12.5. The predicted octanol–water partition coefficient (Wildman–Crippen LogP) is 3.76. The van der Waals surface area contributed by atoms with Crippen LogP contribution in [0, 0.1) is 0 Å². The number of methoxy groups -OCH3 is 1. The molecule has 1 saturated heterocycles. The SMILES string of the molecule is CCN(CC)S(=O)(=O)c1ccc(NCC(c2ccc(OC)cc2)N2CCCCC2)nc1. The zero-order valence-corrected chi connectivity index (χ0v) is 19.6. The quantitative estimate of drug-likeness (QED) is 0.599. The maximum absolute atomic E-state index is 12.7. The first kappa shape index (κ1) is 23.5. The number of hydrogen-bond donors (Lipinski definition) is 1. The average molecular weight is 447 g/mol. The molecule has 0 bridgehead atoms. The van der Waals surface area contributed by atoms with E-state index in [4.69, 9.17) is 4.74 Å². The van der Waals surface area contributed by atoms with Gasteiger partial charge < -0.3 is 10.1 Å². The summed E-state index contributed by atoms with van der Waals surface area (Å²) in [7, 11) is -1.82. The molecular weight excluding hydrogens is 412 g/mol. The number of aromatic nitrogens is 1. The smallest absolute Gasteiger partial charge is 0.244 e. The minimum atomic E-state index is -3.49. The Bertz CT molecular complexity index is 907. The van der Waals surface area contributed by atoms with Crippen LogP contribution in [0.3, 0.4) is 0 Å². The van der Waals surface area contributed by atoms with E-state index in [-0.39, 0.29) is 10.9 Å². The van der Waals surface area contributed by atoms with Gasteiger partial charge >= 0.3 is 0 Å². The molecule has 0 radical (unpaired) electrons. The Morgan fingerprint density at radius 2 is 1.74 bits per heavy atom. The highest BCUT2D eigenvalue weighted by Gasteiger charge is 2.24. The van der Waals surface area contributed by atoms with Gasteiger partial charge in [0.15, 0.2) is 0 Å². The molecule has 7 nitrogen and oxygen atoms in total. The van der Waals surface area contributed by atoms with E-state index in [0.717, 1.165) is 18.8 Å². The van der Waals surface area contributed by atoms with Gasteiger partial charge in [0.05, 0.1) is 13.2 Å². The van der Waals surface area contributed by atoms with Crippen LogP contribution >= 0.6 is 0 Å². The molecule has 31 heavy (non-hydrogen) atoms. The van der Waals surface area contributed by atoms with Crippen LogP contribution in [-0.4, -0.2) is 62.4 Å². The van der Waals surface area contributed by atoms with Crippen LogP contribution in [0.4, 0.5) is 5.82 Å². The van der Waals surface area contributed by atoms with E-state index in [1.54, 1.807) is 19.2 Å². The zero-order valence-electron chi connectivity index (χ0n) is 18.8. The maximum atomic E-state index is 12.7. The third-order valence-electron chi connectivity index (χ3n) is 5.89. The van der Waals surface area contributed by atoms with Gasteiger partial charge in [0.2, 0.25) is 10.0 Å². The van der Waals surface area contributed by atoms with E-state index in [9.17, 15) is 8.42 Å². The van der Waals surface area contributed by atoms with E-state index in [1.165, 1.54) is 35.3 Å².